The largest absolute Gasteiger partial charge is 0.378 e. The normalized spacial score (nSPS) is 11.2. The second kappa shape index (κ2) is 15.4. The van der Waals surface area contributed by atoms with E-state index in [1.807, 2.05) is 0 Å². The van der Waals surface area contributed by atoms with Crippen LogP contribution in [0.4, 0.5) is 0 Å². The first-order chi connectivity index (χ1) is 12.9. The maximum Gasteiger partial charge on any atom is 0.207 e. The lowest BCUT2D eigenvalue weighted by Gasteiger charge is -2.32. The molecule has 0 unspecified atom stereocenters. The van der Waals surface area contributed by atoms with Gasteiger partial charge in [0.1, 0.15) is 22.9 Å². The van der Waals surface area contributed by atoms with Crippen LogP contribution in [-0.2, 0) is 33.4 Å². The van der Waals surface area contributed by atoms with Crippen LogP contribution in [-0.4, -0.2) is 68.9 Å². The van der Waals surface area contributed by atoms with Gasteiger partial charge in [-0.25, -0.2) is 0 Å². The molecule has 8 nitrogen and oxygen atoms in total. The van der Waals surface area contributed by atoms with Gasteiger partial charge in [0.2, 0.25) is 6.41 Å². The molecule has 1 N–H and O–H groups in total. The Morgan fingerprint density at radius 1 is 0.815 bits per heavy atom. The molecule has 0 bridgehead atoms. The molecule has 0 aliphatic carbocycles. The van der Waals surface area contributed by atoms with E-state index in [0.29, 0.717) is 32.1 Å². The number of Topliss-reactive ketones (excluding diaryl/α,β-unsaturated/α-hetero) is 3. The number of ketones is 3. The number of carbonyl (C=O) groups excluding carboxylic acids is 4. The average molecular weight is 387 g/mol. The van der Waals surface area contributed by atoms with Gasteiger partial charge in [0.15, 0.2) is 0 Å². The molecule has 1 amide bonds. The van der Waals surface area contributed by atoms with Crippen LogP contribution in [0.1, 0.15) is 52.9 Å². The summed E-state index contributed by atoms with van der Waals surface area (Å²) in [7, 11) is 0. The van der Waals surface area contributed by atoms with Crippen LogP contribution in [0, 0.1) is 0 Å². The molecule has 0 heterocycles. The molecule has 0 aromatic rings. The zero-order valence-electron chi connectivity index (χ0n) is 16.7. The Hall–Kier alpha value is -1.64. The minimum absolute atomic E-state index is 0.00704. The van der Waals surface area contributed by atoms with Gasteiger partial charge in [-0.1, -0.05) is 13.8 Å². The molecular weight excluding hydrogens is 354 g/mol. The summed E-state index contributed by atoms with van der Waals surface area (Å²) in [6.45, 7) is 6.00. The highest BCUT2D eigenvalue weighted by Gasteiger charge is 2.31. The quantitative estimate of drug-likeness (QED) is 0.262. The third-order valence-electron chi connectivity index (χ3n) is 3.94. The van der Waals surface area contributed by atoms with Gasteiger partial charge in [-0.05, 0) is 6.92 Å². The number of ether oxygens (including phenoxy) is 3. The summed E-state index contributed by atoms with van der Waals surface area (Å²) in [6.07, 6.45) is 2.30. The fraction of sp³-hybridized carbons (Fsp3) is 0.789. The minimum Gasteiger partial charge on any atom is -0.378 e. The van der Waals surface area contributed by atoms with E-state index in [0.717, 1.165) is 0 Å². The van der Waals surface area contributed by atoms with Crippen molar-refractivity contribution >= 4 is 23.8 Å². The van der Waals surface area contributed by atoms with Gasteiger partial charge in [-0.2, -0.15) is 0 Å². The number of amides is 1. The minimum atomic E-state index is -0.955. The number of hydrogen-bond acceptors (Lipinski definition) is 7. The number of carbonyl (C=O) groups is 4. The van der Waals surface area contributed by atoms with Crippen molar-refractivity contribution in [1.82, 2.24) is 5.32 Å². The van der Waals surface area contributed by atoms with E-state index >= 15 is 0 Å². The Bertz CT molecular complexity index is 441. The predicted molar refractivity (Wildman–Crippen MR) is 99.5 cm³/mol. The zero-order valence-corrected chi connectivity index (χ0v) is 16.7. The third kappa shape index (κ3) is 13.2. The molecule has 0 aromatic heterocycles. The summed E-state index contributed by atoms with van der Waals surface area (Å²) >= 11 is 0. The van der Waals surface area contributed by atoms with E-state index in [1.54, 1.807) is 13.8 Å². The Labute approximate surface area is 161 Å². The van der Waals surface area contributed by atoms with Crippen molar-refractivity contribution < 1.29 is 33.4 Å². The predicted octanol–water partition coefficient (Wildman–Crippen LogP) is 1.24. The highest BCUT2D eigenvalue weighted by molar-refractivity contribution is 5.78. The molecular formula is C19H33NO7. The maximum absolute atomic E-state index is 11.4. The van der Waals surface area contributed by atoms with Gasteiger partial charge in [0, 0.05) is 32.1 Å². The summed E-state index contributed by atoms with van der Waals surface area (Å²) in [6, 6.07) is 0. The fourth-order valence-corrected chi connectivity index (χ4v) is 2.12. The van der Waals surface area contributed by atoms with Gasteiger partial charge in [0.05, 0.1) is 39.6 Å². The van der Waals surface area contributed by atoms with Gasteiger partial charge in [0.25, 0.3) is 0 Å². The Balaban J connectivity index is 4.69. The van der Waals surface area contributed by atoms with Crippen LogP contribution in [0.15, 0.2) is 0 Å². The summed E-state index contributed by atoms with van der Waals surface area (Å²) in [5, 5.41) is 2.68. The van der Waals surface area contributed by atoms with Gasteiger partial charge in [-0.3, -0.25) is 19.2 Å². The van der Waals surface area contributed by atoms with Crippen LogP contribution < -0.4 is 5.32 Å². The van der Waals surface area contributed by atoms with Gasteiger partial charge >= 0.3 is 0 Å². The van der Waals surface area contributed by atoms with E-state index in [1.165, 1.54) is 6.92 Å². The van der Waals surface area contributed by atoms with E-state index in [2.05, 4.69) is 5.32 Å². The van der Waals surface area contributed by atoms with Gasteiger partial charge in [-0.15, -0.1) is 0 Å². The van der Waals surface area contributed by atoms with Crippen molar-refractivity contribution in [2.75, 3.05) is 39.6 Å². The summed E-state index contributed by atoms with van der Waals surface area (Å²) in [5.74, 6) is 0.194. The van der Waals surface area contributed by atoms with E-state index in [4.69, 9.17) is 14.2 Å². The van der Waals surface area contributed by atoms with Crippen LogP contribution in [0.3, 0.4) is 0 Å². The molecule has 0 fully saturated rings. The Morgan fingerprint density at radius 2 is 1.22 bits per heavy atom. The smallest absolute Gasteiger partial charge is 0.207 e. The van der Waals surface area contributed by atoms with Crippen LogP contribution in [0.2, 0.25) is 0 Å². The van der Waals surface area contributed by atoms with Crippen molar-refractivity contribution in [1.29, 1.82) is 0 Å². The molecule has 156 valence electrons. The molecule has 0 saturated carbocycles. The molecule has 0 rings (SSSR count). The van der Waals surface area contributed by atoms with Crippen molar-refractivity contribution in [3.8, 4) is 0 Å². The first-order valence-corrected chi connectivity index (χ1v) is 9.36. The lowest BCUT2D eigenvalue weighted by molar-refractivity contribution is -0.122. The standard InChI is InChI=1S/C19H33NO7/c1-4-17(23)7-10-26-13-19(20-15-21,12-25-9-6-16(3)22)14-27-11-8-18(24)5-2/h15H,4-14H2,1-3H3,(H,20,21). The van der Waals surface area contributed by atoms with Crippen LogP contribution in [0.5, 0.6) is 0 Å². The first kappa shape index (κ1) is 25.4. The van der Waals surface area contributed by atoms with Crippen LogP contribution >= 0.6 is 0 Å². The Morgan fingerprint density at radius 3 is 1.56 bits per heavy atom. The fourth-order valence-electron chi connectivity index (χ4n) is 2.12. The number of rotatable bonds is 19. The highest BCUT2D eigenvalue weighted by Crippen LogP contribution is 2.10. The summed E-state index contributed by atoms with van der Waals surface area (Å²) in [5.41, 5.74) is -0.955. The molecule has 0 aliphatic rings. The molecule has 27 heavy (non-hydrogen) atoms. The van der Waals surface area contributed by atoms with Crippen LogP contribution in [0.25, 0.3) is 0 Å². The van der Waals surface area contributed by atoms with Crippen molar-refractivity contribution in [2.45, 2.75) is 58.4 Å². The molecule has 0 radical (unpaired) electrons. The second-order valence-corrected chi connectivity index (χ2v) is 6.44. The SMILES string of the molecule is CCC(=O)CCOCC(COCCC(C)=O)(COCCC(=O)CC)NC=O. The molecule has 8 heteroatoms. The highest BCUT2D eigenvalue weighted by atomic mass is 16.5. The summed E-state index contributed by atoms with van der Waals surface area (Å²) in [4.78, 5) is 44.9. The molecule has 0 aromatic carbocycles. The van der Waals surface area contributed by atoms with E-state index < -0.39 is 5.54 Å². The molecule has 0 spiro atoms. The number of hydrogen-bond donors (Lipinski definition) is 1. The Kier molecular flexibility index (Phi) is 14.5. The lowest BCUT2D eigenvalue weighted by atomic mass is 10.0. The second-order valence-electron chi connectivity index (χ2n) is 6.44. The maximum atomic E-state index is 11.4. The first-order valence-electron chi connectivity index (χ1n) is 9.36. The van der Waals surface area contributed by atoms with Crippen molar-refractivity contribution in [3.63, 3.8) is 0 Å². The van der Waals surface area contributed by atoms with Crippen molar-refractivity contribution in [3.05, 3.63) is 0 Å². The van der Waals surface area contributed by atoms with Crippen molar-refractivity contribution in [2.24, 2.45) is 0 Å². The zero-order chi connectivity index (χ0) is 20.5. The molecule has 0 atom stereocenters. The van der Waals surface area contributed by atoms with E-state index in [-0.39, 0.29) is 63.4 Å². The third-order valence-corrected chi connectivity index (χ3v) is 3.94. The lowest BCUT2D eigenvalue weighted by Crippen LogP contribution is -2.56. The molecule has 0 saturated heterocycles. The van der Waals surface area contributed by atoms with E-state index in [9.17, 15) is 19.2 Å². The topological polar surface area (TPSA) is 108 Å². The molecule has 0 aliphatic heterocycles. The van der Waals surface area contributed by atoms with Gasteiger partial charge < -0.3 is 19.5 Å². The number of nitrogens with one attached hydrogen (secondary N) is 1. The average Bonchev–Trinajstić information content (AvgIpc) is 2.65. The monoisotopic (exact) mass is 387 g/mol. The summed E-state index contributed by atoms with van der Waals surface area (Å²) < 4.78 is 16.7.